The first kappa shape index (κ1) is 12.6. The van der Waals surface area contributed by atoms with Gasteiger partial charge in [-0.2, -0.15) is 0 Å². The van der Waals surface area contributed by atoms with E-state index in [0.717, 1.165) is 30.4 Å². The van der Waals surface area contributed by atoms with Crippen molar-refractivity contribution >= 4 is 17.4 Å². The minimum absolute atomic E-state index is 0.0984. The zero-order chi connectivity index (χ0) is 12.5. The normalized spacial score (nSPS) is 16.0. The van der Waals surface area contributed by atoms with Crippen LogP contribution in [0.4, 0.5) is 5.82 Å². The molecule has 0 aliphatic heterocycles. The number of rotatable bonds is 5. The van der Waals surface area contributed by atoms with E-state index in [2.05, 4.69) is 36.1 Å². The Hall–Kier alpha value is -0.830. The second kappa shape index (κ2) is 4.81. The standard InChI is InChI=1S/C13H20ClN3/c1-4-5-11-15-10(14)8-12(16-11)17-13(2,3)9-6-7-9/h8-9H,4-7H2,1-3H3,(H,15,16,17). The van der Waals surface area contributed by atoms with Crippen LogP contribution in [0.2, 0.25) is 5.15 Å². The average molecular weight is 254 g/mol. The summed E-state index contributed by atoms with van der Waals surface area (Å²) in [5.74, 6) is 2.44. The summed E-state index contributed by atoms with van der Waals surface area (Å²) in [6, 6.07) is 1.81. The summed E-state index contributed by atoms with van der Waals surface area (Å²) >= 11 is 6.02. The molecule has 0 radical (unpaired) electrons. The molecule has 1 aromatic rings. The van der Waals surface area contributed by atoms with Crippen LogP contribution in [-0.4, -0.2) is 15.5 Å². The van der Waals surface area contributed by atoms with E-state index in [-0.39, 0.29) is 5.54 Å². The van der Waals surface area contributed by atoms with Crippen LogP contribution in [0.25, 0.3) is 0 Å². The van der Waals surface area contributed by atoms with Gasteiger partial charge >= 0.3 is 0 Å². The molecule has 0 amide bonds. The number of nitrogens with zero attached hydrogens (tertiary/aromatic N) is 2. The molecule has 1 aliphatic rings. The predicted molar refractivity (Wildman–Crippen MR) is 71.5 cm³/mol. The van der Waals surface area contributed by atoms with Crippen molar-refractivity contribution in [1.29, 1.82) is 0 Å². The zero-order valence-electron chi connectivity index (χ0n) is 10.8. The lowest BCUT2D eigenvalue weighted by molar-refractivity contribution is 0.492. The van der Waals surface area contributed by atoms with Crippen molar-refractivity contribution < 1.29 is 0 Å². The molecular formula is C13H20ClN3. The maximum absolute atomic E-state index is 6.02. The second-order valence-corrected chi connectivity index (χ2v) is 5.75. The molecule has 1 saturated carbocycles. The van der Waals surface area contributed by atoms with E-state index in [9.17, 15) is 0 Å². The van der Waals surface area contributed by atoms with E-state index < -0.39 is 0 Å². The highest BCUT2D eigenvalue weighted by Crippen LogP contribution is 2.40. The van der Waals surface area contributed by atoms with Gasteiger partial charge in [0.25, 0.3) is 0 Å². The summed E-state index contributed by atoms with van der Waals surface area (Å²) < 4.78 is 0. The molecule has 0 bridgehead atoms. The van der Waals surface area contributed by atoms with Gasteiger partial charge < -0.3 is 5.32 Å². The maximum atomic E-state index is 6.02. The van der Waals surface area contributed by atoms with Crippen molar-refractivity contribution in [2.24, 2.45) is 5.92 Å². The molecule has 0 saturated heterocycles. The maximum Gasteiger partial charge on any atom is 0.134 e. The molecular weight excluding hydrogens is 234 g/mol. The van der Waals surface area contributed by atoms with Gasteiger partial charge in [0.1, 0.15) is 16.8 Å². The van der Waals surface area contributed by atoms with Crippen LogP contribution in [0.5, 0.6) is 0 Å². The van der Waals surface area contributed by atoms with Gasteiger partial charge in [-0.1, -0.05) is 18.5 Å². The summed E-state index contributed by atoms with van der Waals surface area (Å²) in [5.41, 5.74) is 0.0984. The topological polar surface area (TPSA) is 37.8 Å². The molecule has 4 heteroatoms. The largest absolute Gasteiger partial charge is 0.365 e. The van der Waals surface area contributed by atoms with Crippen molar-refractivity contribution in [1.82, 2.24) is 9.97 Å². The van der Waals surface area contributed by atoms with E-state index in [0.29, 0.717) is 5.15 Å². The lowest BCUT2D eigenvalue weighted by Gasteiger charge is -2.27. The van der Waals surface area contributed by atoms with E-state index in [1.54, 1.807) is 0 Å². The molecule has 1 N–H and O–H groups in total. The van der Waals surface area contributed by atoms with Gasteiger partial charge in [0.2, 0.25) is 0 Å². The van der Waals surface area contributed by atoms with Crippen LogP contribution in [-0.2, 0) is 6.42 Å². The van der Waals surface area contributed by atoms with Crippen molar-refractivity contribution in [2.45, 2.75) is 52.0 Å². The first-order chi connectivity index (χ1) is 8.01. The molecule has 1 heterocycles. The summed E-state index contributed by atoms with van der Waals surface area (Å²) in [7, 11) is 0. The Morgan fingerprint density at radius 2 is 2.12 bits per heavy atom. The Morgan fingerprint density at radius 1 is 1.41 bits per heavy atom. The van der Waals surface area contributed by atoms with E-state index >= 15 is 0 Å². The van der Waals surface area contributed by atoms with Crippen LogP contribution in [0.15, 0.2) is 6.07 Å². The number of hydrogen-bond acceptors (Lipinski definition) is 3. The van der Waals surface area contributed by atoms with E-state index in [4.69, 9.17) is 11.6 Å². The highest BCUT2D eigenvalue weighted by atomic mass is 35.5. The predicted octanol–water partition coefficient (Wildman–Crippen LogP) is 3.68. The molecule has 1 aliphatic carbocycles. The third-order valence-electron chi connectivity index (χ3n) is 3.26. The molecule has 0 aromatic carbocycles. The fourth-order valence-corrected chi connectivity index (χ4v) is 2.30. The fourth-order valence-electron chi connectivity index (χ4n) is 2.10. The number of aromatic nitrogens is 2. The van der Waals surface area contributed by atoms with Crippen LogP contribution < -0.4 is 5.32 Å². The van der Waals surface area contributed by atoms with Crippen LogP contribution in [0.1, 0.15) is 45.9 Å². The third kappa shape index (κ3) is 3.32. The monoisotopic (exact) mass is 253 g/mol. The van der Waals surface area contributed by atoms with Gasteiger partial charge in [-0.25, -0.2) is 9.97 Å². The molecule has 2 rings (SSSR count). The van der Waals surface area contributed by atoms with Crippen LogP contribution >= 0.6 is 11.6 Å². The first-order valence-corrected chi connectivity index (χ1v) is 6.70. The van der Waals surface area contributed by atoms with Gasteiger partial charge in [-0.15, -0.1) is 0 Å². The Morgan fingerprint density at radius 3 is 2.71 bits per heavy atom. The van der Waals surface area contributed by atoms with Gasteiger partial charge in [0.05, 0.1) is 0 Å². The average Bonchev–Trinajstić information content (AvgIpc) is 2.98. The van der Waals surface area contributed by atoms with Crippen LogP contribution in [0.3, 0.4) is 0 Å². The summed E-state index contributed by atoms with van der Waals surface area (Å²) in [4.78, 5) is 8.74. The highest BCUT2D eigenvalue weighted by molar-refractivity contribution is 6.29. The van der Waals surface area contributed by atoms with E-state index in [1.165, 1.54) is 12.8 Å². The third-order valence-corrected chi connectivity index (χ3v) is 3.46. The fraction of sp³-hybridized carbons (Fsp3) is 0.692. The molecule has 0 spiro atoms. The van der Waals surface area contributed by atoms with Crippen molar-refractivity contribution in [3.05, 3.63) is 17.0 Å². The molecule has 1 fully saturated rings. The second-order valence-electron chi connectivity index (χ2n) is 5.36. The molecule has 0 atom stereocenters. The smallest absolute Gasteiger partial charge is 0.134 e. The summed E-state index contributed by atoms with van der Waals surface area (Å²) in [5, 5.41) is 4.01. The molecule has 0 unspecified atom stereocenters. The van der Waals surface area contributed by atoms with Crippen molar-refractivity contribution in [3.8, 4) is 0 Å². The lowest BCUT2D eigenvalue weighted by atomic mass is 9.99. The van der Waals surface area contributed by atoms with E-state index in [1.807, 2.05) is 6.07 Å². The van der Waals surface area contributed by atoms with Gasteiger partial charge in [0.15, 0.2) is 0 Å². The quantitative estimate of drug-likeness (QED) is 0.814. The molecule has 17 heavy (non-hydrogen) atoms. The van der Waals surface area contributed by atoms with Crippen molar-refractivity contribution in [2.75, 3.05) is 5.32 Å². The Bertz CT molecular complexity index is 400. The SMILES string of the molecule is CCCc1nc(Cl)cc(NC(C)(C)C2CC2)n1. The highest BCUT2D eigenvalue weighted by Gasteiger charge is 2.37. The Labute approximate surface area is 108 Å². The number of hydrogen-bond donors (Lipinski definition) is 1. The number of anilines is 1. The summed E-state index contributed by atoms with van der Waals surface area (Å²) in [6.45, 7) is 6.56. The van der Waals surface area contributed by atoms with Gasteiger partial charge in [-0.05, 0) is 39.0 Å². The van der Waals surface area contributed by atoms with Crippen molar-refractivity contribution in [3.63, 3.8) is 0 Å². The number of aryl methyl sites for hydroxylation is 1. The minimum Gasteiger partial charge on any atom is -0.365 e. The summed E-state index contributed by atoms with van der Waals surface area (Å²) in [6.07, 6.45) is 4.52. The lowest BCUT2D eigenvalue weighted by Crippen LogP contribution is -2.33. The van der Waals surface area contributed by atoms with Gasteiger partial charge in [-0.3, -0.25) is 0 Å². The molecule has 3 nitrogen and oxygen atoms in total. The van der Waals surface area contributed by atoms with Crippen LogP contribution in [0, 0.1) is 5.92 Å². The molecule has 94 valence electrons. The number of halogens is 1. The van der Waals surface area contributed by atoms with Gasteiger partial charge in [0, 0.05) is 18.0 Å². The Kier molecular flexibility index (Phi) is 3.57. The zero-order valence-corrected chi connectivity index (χ0v) is 11.5. The minimum atomic E-state index is 0.0984. The number of nitrogens with one attached hydrogen (secondary N) is 1. The first-order valence-electron chi connectivity index (χ1n) is 6.33. The molecule has 1 aromatic heterocycles. The Balaban J connectivity index is 2.14.